The van der Waals surface area contributed by atoms with E-state index in [0.29, 0.717) is 5.92 Å². The molecule has 1 aliphatic rings. The van der Waals surface area contributed by atoms with Gasteiger partial charge in [-0.25, -0.2) is 4.98 Å². The smallest absolute Gasteiger partial charge is 0.205 e. The number of aliphatic hydroxyl groups excluding tert-OH is 1. The Morgan fingerprint density at radius 3 is 3.08 bits per heavy atom. The van der Waals surface area contributed by atoms with E-state index in [1.165, 1.54) is 11.5 Å². The summed E-state index contributed by atoms with van der Waals surface area (Å²) in [5.74, 6) is 1.26. The summed E-state index contributed by atoms with van der Waals surface area (Å²) in [5.41, 5.74) is 0. The lowest BCUT2D eigenvalue weighted by atomic mass is 10.1. The van der Waals surface area contributed by atoms with Gasteiger partial charge in [0.2, 0.25) is 5.13 Å². The minimum atomic E-state index is 0.286. The van der Waals surface area contributed by atoms with Gasteiger partial charge in [0.1, 0.15) is 5.82 Å². The van der Waals surface area contributed by atoms with Crippen LogP contribution in [0.15, 0.2) is 0 Å². The van der Waals surface area contributed by atoms with Gasteiger partial charge in [-0.2, -0.15) is 4.37 Å². The van der Waals surface area contributed by atoms with Crippen molar-refractivity contribution >= 4 is 16.7 Å². The quantitative estimate of drug-likeness (QED) is 0.760. The Kier molecular flexibility index (Phi) is 2.46. The van der Waals surface area contributed by atoms with Crippen molar-refractivity contribution in [2.75, 3.05) is 24.6 Å². The first-order valence-corrected chi connectivity index (χ1v) is 5.23. The topological polar surface area (TPSA) is 49.2 Å². The van der Waals surface area contributed by atoms with Crippen LogP contribution in [0.3, 0.4) is 0 Å². The molecule has 2 heterocycles. The van der Waals surface area contributed by atoms with E-state index in [4.69, 9.17) is 5.11 Å². The number of aliphatic hydroxyl groups is 1. The molecule has 0 unspecified atom stereocenters. The predicted octanol–water partition coefficient (Wildman–Crippen LogP) is 0.665. The largest absolute Gasteiger partial charge is 0.396 e. The number of rotatable bonds is 2. The number of hydrogen-bond acceptors (Lipinski definition) is 5. The van der Waals surface area contributed by atoms with Crippen LogP contribution in [-0.4, -0.2) is 34.2 Å². The van der Waals surface area contributed by atoms with Crippen LogP contribution in [-0.2, 0) is 0 Å². The molecule has 0 bridgehead atoms. The Hall–Kier alpha value is -0.680. The van der Waals surface area contributed by atoms with Crippen molar-refractivity contribution in [1.82, 2.24) is 9.36 Å². The van der Waals surface area contributed by atoms with Gasteiger partial charge in [-0.3, -0.25) is 0 Å². The van der Waals surface area contributed by atoms with E-state index in [1.54, 1.807) is 0 Å². The minimum Gasteiger partial charge on any atom is -0.396 e. The average Bonchev–Trinajstić information content (AvgIpc) is 2.71. The number of hydrogen-bond donors (Lipinski definition) is 1. The summed E-state index contributed by atoms with van der Waals surface area (Å²) in [4.78, 5) is 6.51. The molecule has 1 aliphatic heterocycles. The average molecular weight is 199 g/mol. The summed E-state index contributed by atoms with van der Waals surface area (Å²) in [7, 11) is 0. The zero-order chi connectivity index (χ0) is 9.26. The SMILES string of the molecule is Cc1nsc(N2CC[C@@H](CO)C2)n1. The number of aryl methyl sites for hydroxylation is 1. The molecule has 1 aromatic heterocycles. The second kappa shape index (κ2) is 3.59. The minimum absolute atomic E-state index is 0.286. The van der Waals surface area contributed by atoms with Gasteiger partial charge in [0.15, 0.2) is 0 Å². The first-order valence-electron chi connectivity index (χ1n) is 4.45. The van der Waals surface area contributed by atoms with E-state index >= 15 is 0 Å². The van der Waals surface area contributed by atoms with Crippen molar-refractivity contribution in [3.8, 4) is 0 Å². The summed E-state index contributed by atoms with van der Waals surface area (Å²) < 4.78 is 4.14. The molecule has 1 atom stereocenters. The standard InChI is InChI=1S/C8H13N3OS/c1-6-9-8(13-10-6)11-3-2-7(4-11)5-12/h7,12H,2-5H2,1H3/t7-/m1/s1. The highest BCUT2D eigenvalue weighted by molar-refractivity contribution is 7.09. The van der Waals surface area contributed by atoms with Crippen molar-refractivity contribution in [1.29, 1.82) is 0 Å². The van der Waals surface area contributed by atoms with Crippen molar-refractivity contribution in [3.05, 3.63) is 5.82 Å². The van der Waals surface area contributed by atoms with Crippen molar-refractivity contribution in [2.24, 2.45) is 5.92 Å². The van der Waals surface area contributed by atoms with E-state index in [1.807, 2.05) is 6.92 Å². The monoisotopic (exact) mass is 199 g/mol. The normalized spacial score (nSPS) is 22.6. The zero-order valence-corrected chi connectivity index (χ0v) is 8.42. The molecule has 1 saturated heterocycles. The molecule has 13 heavy (non-hydrogen) atoms. The molecule has 1 aromatic rings. The van der Waals surface area contributed by atoms with Crippen LogP contribution in [0.1, 0.15) is 12.2 Å². The molecular formula is C8H13N3OS. The second-order valence-electron chi connectivity index (χ2n) is 3.41. The molecule has 0 spiro atoms. The maximum absolute atomic E-state index is 8.98. The van der Waals surface area contributed by atoms with Crippen molar-refractivity contribution in [2.45, 2.75) is 13.3 Å². The molecule has 1 N–H and O–H groups in total. The summed E-state index contributed by atoms with van der Waals surface area (Å²) in [6.45, 7) is 4.11. The molecular weight excluding hydrogens is 186 g/mol. The molecule has 0 amide bonds. The lowest BCUT2D eigenvalue weighted by Gasteiger charge is -2.12. The summed E-state index contributed by atoms with van der Waals surface area (Å²) in [5, 5.41) is 9.97. The summed E-state index contributed by atoms with van der Waals surface area (Å²) in [6, 6.07) is 0. The van der Waals surface area contributed by atoms with Gasteiger partial charge in [0, 0.05) is 37.1 Å². The maximum Gasteiger partial charge on any atom is 0.205 e. The number of anilines is 1. The third kappa shape index (κ3) is 1.81. The fraction of sp³-hybridized carbons (Fsp3) is 0.750. The Morgan fingerprint density at radius 2 is 2.54 bits per heavy atom. The first kappa shape index (κ1) is 8.90. The Bertz CT molecular complexity index is 289. The molecule has 0 saturated carbocycles. The van der Waals surface area contributed by atoms with Gasteiger partial charge in [0.25, 0.3) is 0 Å². The van der Waals surface area contributed by atoms with Crippen molar-refractivity contribution < 1.29 is 5.11 Å². The van der Waals surface area contributed by atoms with E-state index in [0.717, 1.165) is 30.5 Å². The lowest BCUT2D eigenvalue weighted by Crippen LogP contribution is -2.20. The van der Waals surface area contributed by atoms with E-state index in [9.17, 15) is 0 Å². The Morgan fingerprint density at radius 1 is 1.69 bits per heavy atom. The van der Waals surface area contributed by atoms with E-state index in [-0.39, 0.29) is 6.61 Å². The molecule has 2 rings (SSSR count). The van der Waals surface area contributed by atoms with Crippen LogP contribution in [0.2, 0.25) is 0 Å². The summed E-state index contributed by atoms with van der Waals surface area (Å²) in [6.07, 6.45) is 1.06. The van der Waals surface area contributed by atoms with Gasteiger partial charge in [-0.15, -0.1) is 0 Å². The molecule has 0 radical (unpaired) electrons. The summed E-state index contributed by atoms with van der Waals surface area (Å²) >= 11 is 1.44. The Balaban J connectivity index is 2.03. The number of aromatic nitrogens is 2. The molecule has 5 heteroatoms. The number of nitrogens with zero attached hydrogens (tertiary/aromatic N) is 3. The highest BCUT2D eigenvalue weighted by Crippen LogP contribution is 2.24. The predicted molar refractivity (Wildman–Crippen MR) is 52.1 cm³/mol. The van der Waals surface area contributed by atoms with Crippen LogP contribution in [0.4, 0.5) is 5.13 Å². The van der Waals surface area contributed by atoms with Gasteiger partial charge in [-0.05, 0) is 13.3 Å². The van der Waals surface area contributed by atoms with Crippen LogP contribution < -0.4 is 4.90 Å². The third-order valence-corrected chi connectivity index (χ3v) is 3.20. The van der Waals surface area contributed by atoms with Crippen LogP contribution in [0.5, 0.6) is 0 Å². The molecule has 0 aromatic carbocycles. The fourth-order valence-corrected chi connectivity index (χ4v) is 2.28. The lowest BCUT2D eigenvalue weighted by molar-refractivity contribution is 0.238. The van der Waals surface area contributed by atoms with Crippen LogP contribution >= 0.6 is 11.5 Å². The molecule has 1 fully saturated rings. The third-order valence-electron chi connectivity index (χ3n) is 2.33. The fourth-order valence-electron chi connectivity index (χ4n) is 1.57. The highest BCUT2D eigenvalue weighted by atomic mass is 32.1. The molecule has 72 valence electrons. The molecule has 4 nitrogen and oxygen atoms in total. The Labute approximate surface area is 81.4 Å². The van der Waals surface area contributed by atoms with Gasteiger partial charge >= 0.3 is 0 Å². The van der Waals surface area contributed by atoms with Gasteiger partial charge in [-0.1, -0.05) is 0 Å². The van der Waals surface area contributed by atoms with Crippen LogP contribution in [0, 0.1) is 12.8 Å². The first-order chi connectivity index (χ1) is 6.29. The zero-order valence-electron chi connectivity index (χ0n) is 7.60. The maximum atomic E-state index is 8.98. The van der Waals surface area contributed by atoms with E-state index < -0.39 is 0 Å². The molecule has 0 aliphatic carbocycles. The van der Waals surface area contributed by atoms with Crippen molar-refractivity contribution in [3.63, 3.8) is 0 Å². The van der Waals surface area contributed by atoms with Gasteiger partial charge < -0.3 is 10.0 Å². The van der Waals surface area contributed by atoms with E-state index in [2.05, 4.69) is 14.3 Å². The van der Waals surface area contributed by atoms with Gasteiger partial charge in [0.05, 0.1) is 0 Å². The highest BCUT2D eigenvalue weighted by Gasteiger charge is 2.23. The van der Waals surface area contributed by atoms with Crippen LogP contribution in [0.25, 0.3) is 0 Å². The second-order valence-corrected chi connectivity index (χ2v) is 4.14.